The topological polar surface area (TPSA) is 75.2 Å². The van der Waals surface area contributed by atoms with Gasteiger partial charge in [0.05, 0.1) is 0 Å². The number of hydrogen-bond donors (Lipinski definition) is 1. The number of nitrogens with one attached hydrogen (secondary N) is 1. The first-order chi connectivity index (χ1) is 12.5. The van der Waals surface area contributed by atoms with Crippen LogP contribution < -0.4 is 10.2 Å². The van der Waals surface area contributed by atoms with E-state index in [4.69, 9.17) is 0 Å². The van der Waals surface area contributed by atoms with Gasteiger partial charge in [0.15, 0.2) is 0 Å². The van der Waals surface area contributed by atoms with Gasteiger partial charge < -0.3 is 5.32 Å². The lowest BCUT2D eigenvalue weighted by molar-refractivity contribution is 0.0990. The average Bonchev–Trinajstić information content (AvgIpc) is 2.67. The fourth-order valence-corrected chi connectivity index (χ4v) is 2.41. The number of carbonyl (C=O) groups excluding carboxylic acids is 2. The van der Waals surface area contributed by atoms with Crippen molar-refractivity contribution in [1.29, 1.82) is 0 Å². The minimum absolute atomic E-state index is 0.224. The lowest BCUT2D eigenvalue weighted by Gasteiger charge is -2.17. The van der Waals surface area contributed by atoms with Gasteiger partial charge in [-0.3, -0.25) is 14.5 Å². The van der Waals surface area contributed by atoms with Crippen molar-refractivity contribution in [3.05, 3.63) is 83.6 Å². The highest BCUT2D eigenvalue weighted by molar-refractivity contribution is 6.05. The molecule has 1 N–H and O–H groups in total. The highest BCUT2D eigenvalue weighted by atomic mass is 16.2. The number of carbonyl (C=O) groups is 2. The molecule has 6 heteroatoms. The van der Waals surface area contributed by atoms with E-state index in [2.05, 4.69) is 15.3 Å². The van der Waals surface area contributed by atoms with Crippen LogP contribution in [0.3, 0.4) is 0 Å². The molecule has 0 unspecified atom stereocenters. The number of benzene rings is 2. The predicted molar refractivity (Wildman–Crippen MR) is 100 cm³/mol. The Morgan fingerprint density at radius 2 is 1.46 bits per heavy atom. The molecule has 2 aromatic carbocycles. The molecule has 0 saturated heterocycles. The lowest BCUT2D eigenvalue weighted by atomic mass is 10.2. The summed E-state index contributed by atoms with van der Waals surface area (Å²) in [6.45, 7) is 1.78. The van der Waals surface area contributed by atoms with Crippen LogP contribution in [-0.4, -0.2) is 28.8 Å². The molecule has 0 fully saturated rings. The van der Waals surface area contributed by atoms with E-state index >= 15 is 0 Å². The summed E-state index contributed by atoms with van der Waals surface area (Å²) >= 11 is 0. The first-order valence-corrected chi connectivity index (χ1v) is 8.10. The Hall–Kier alpha value is -3.54. The summed E-state index contributed by atoms with van der Waals surface area (Å²) in [5.41, 5.74) is 1.71. The number of aromatic nitrogens is 2. The quantitative estimate of drug-likeness (QED) is 0.786. The van der Waals surface area contributed by atoms with Gasteiger partial charge in [0.1, 0.15) is 5.82 Å². The second-order valence-electron chi connectivity index (χ2n) is 5.74. The van der Waals surface area contributed by atoms with Gasteiger partial charge in [0, 0.05) is 29.9 Å². The molecule has 0 radical (unpaired) electrons. The van der Waals surface area contributed by atoms with Crippen molar-refractivity contribution in [2.75, 3.05) is 17.3 Å². The van der Waals surface area contributed by atoms with Crippen molar-refractivity contribution in [1.82, 2.24) is 9.97 Å². The number of anilines is 2. The summed E-state index contributed by atoms with van der Waals surface area (Å²) in [4.78, 5) is 34.9. The van der Waals surface area contributed by atoms with Crippen LogP contribution in [0, 0.1) is 6.92 Å². The van der Waals surface area contributed by atoms with Crippen molar-refractivity contribution in [3.8, 4) is 0 Å². The molecular weight excluding hydrogens is 328 g/mol. The van der Waals surface area contributed by atoms with Gasteiger partial charge in [-0.05, 0) is 31.2 Å². The van der Waals surface area contributed by atoms with Crippen molar-refractivity contribution in [2.45, 2.75) is 6.92 Å². The molecule has 0 atom stereocenters. The zero-order chi connectivity index (χ0) is 18.5. The van der Waals surface area contributed by atoms with E-state index in [-0.39, 0.29) is 17.8 Å². The SMILES string of the molecule is Cc1cc(NC(=O)c2ccccc2)nc(N(C)C(=O)c2ccccc2)n1. The van der Waals surface area contributed by atoms with E-state index in [1.165, 1.54) is 4.90 Å². The number of rotatable bonds is 4. The number of hydrogen-bond acceptors (Lipinski definition) is 4. The Bertz CT molecular complexity index is 927. The molecule has 3 rings (SSSR count). The Labute approximate surface area is 151 Å². The third kappa shape index (κ3) is 3.92. The minimum atomic E-state index is -0.272. The first kappa shape index (κ1) is 17.3. The Morgan fingerprint density at radius 3 is 2.08 bits per heavy atom. The van der Waals surface area contributed by atoms with Crippen molar-refractivity contribution < 1.29 is 9.59 Å². The minimum Gasteiger partial charge on any atom is -0.306 e. The fraction of sp³-hybridized carbons (Fsp3) is 0.100. The number of nitrogens with zero attached hydrogens (tertiary/aromatic N) is 3. The van der Waals surface area contributed by atoms with Crippen LogP contribution >= 0.6 is 0 Å². The van der Waals surface area contributed by atoms with E-state index in [0.717, 1.165) is 0 Å². The maximum absolute atomic E-state index is 12.6. The van der Waals surface area contributed by atoms with Crippen LogP contribution in [0.1, 0.15) is 26.4 Å². The molecule has 0 spiro atoms. The van der Waals surface area contributed by atoms with Crippen LogP contribution in [0.5, 0.6) is 0 Å². The van der Waals surface area contributed by atoms with Crippen LogP contribution in [-0.2, 0) is 0 Å². The molecule has 3 aromatic rings. The molecule has 1 heterocycles. The first-order valence-electron chi connectivity index (χ1n) is 8.10. The van der Waals surface area contributed by atoms with E-state index in [1.54, 1.807) is 68.6 Å². The normalized spacial score (nSPS) is 10.2. The van der Waals surface area contributed by atoms with Gasteiger partial charge in [-0.15, -0.1) is 0 Å². The maximum Gasteiger partial charge on any atom is 0.260 e. The molecule has 130 valence electrons. The van der Waals surface area contributed by atoms with Gasteiger partial charge in [0.2, 0.25) is 5.95 Å². The summed E-state index contributed by atoms with van der Waals surface area (Å²) < 4.78 is 0. The second-order valence-corrected chi connectivity index (χ2v) is 5.74. The smallest absolute Gasteiger partial charge is 0.260 e. The standard InChI is InChI=1S/C20H18N4O2/c1-14-13-17(22-18(25)15-9-5-3-6-10-15)23-20(21-14)24(2)19(26)16-11-7-4-8-12-16/h3-13H,1-2H3,(H,21,22,23,25). The van der Waals surface area contributed by atoms with E-state index < -0.39 is 0 Å². The van der Waals surface area contributed by atoms with Crippen LogP contribution in [0.25, 0.3) is 0 Å². The van der Waals surface area contributed by atoms with Crippen LogP contribution in [0.4, 0.5) is 11.8 Å². The molecule has 0 aliphatic rings. The van der Waals surface area contributed by atoms with Crippen molar-refractivity contribution in [3.63, 3.8) is 0 Å². The van der Waals surface area contributed by atoms with Crippen molar-refractivity contribution in [2.24, 2.45) is 0 Å². The fourth-order valence-electron chi connectivity index (χ4n) is 2.41. The molecular formula is C20H18N4O2. The van der Waals surface area contributed by atoms with Crippen molar-refractivity contribution >= 4 is 23.6 Å². The highest BCUT2D eigenvalue weighted by Crippen LogP contribution is 2.16. The highest BCUT2D eigenvalue weighted by Gasteiger charge is 2.17. The molecule has 0 bridgehead atoms. The van der Waals surface area contributed by atoms with E-state index in [1.807, 2.05) is 12.1 Å². The van der Waals surface area contributed by atoms with Gasteiger partial charge in [-0.25, -0.2) is 4.98 Å². The summed E-state index contributed by atoms with van der Waals surface area (Å²) in [6, 6.07) is 19.4. The van der Waals surface area contributed by atoms with Crippen LogP contribution in [0.2, 0.25) is 0 Å². The number of aryl methyl sites for hydroxylation is 1. The molecule has 1 aromatic heterocycles. The summed E-state index contributed by atoms with van der Waals surface area (Å²) in [5.74, 6) is 0.0690. The Balaban J connectivity index is 1.83. The van der Waals surface area contributed by atoms with Gasteiger partial charge in [-0.2, -0.15) is 4.98 Å². The molecule has 0 saturated carbocycles. The number of amides is 2. The third-order valence-electron chi connectivity index (χ3n) is 3.75. The largest absolute Gasteiger partial charge is 0.306 e. The molecule has 0 aliphatic carbocycles. The van der Waals surface area contributed by atoms with Crippen LogP contribution in [0.15, 0.2) is 66.7 Å². The zero-order valence-electron chi connectivity index (χ0n) is 14.5. The zero-order valence-corrected chi connectivity index (χ0v) is 14.5. The lowest BCUT2D eigenvalue weighted by Crippen LogP contribution is -2.28. The summed E-state index contributed by atoms with van der Waals surface area (Å²) in [5, 5.41) is 2.74. The average molecular weight is 346 g/mol. The van der Waals surface area contributed by atoms with E-state index in [9.17, 15) is 9.59 Å². The summed E-state index contributed by atoms with van der Waals surface area (Å²) in [6.07, 6.45) is 0. The molecule has 0 aliphatic heterocycles. The van der Waals surface area contributed by atoms with E-state index in [0.29, 0.717) is 22.6 Å². The summed E-state index contributed by atoms with van der Waals surface area (Å²) in [7, 11) is 1.60. The Morgan fingerprint density at radius 1 is 0.885 bits per heavy atom. The van der Waals surface area contributed by atoms with Gasteiger partial charge >= 0.3 is 0 Å². The maximum atomic E-state index is 12.6. The van der Waals surface area contributed by atoms with Gasteiger partial charge in [0.25, 0.3) is 11.8 Å². The molecule has 26 heavy (non-hydrogen) atoms. The molecule has 2 amide bonds. The second kappa shape index (κ2) is 7.57. The van der Waals surface area contributed by atoms with Gasteiger partial charge in [-0.1, -0.05) is 36.4 Å². The monoisotopic (exact) mass is 346 g/mol. The molecule has 6 nitrogen and oxygen atoms in total. The predicted octanol–water partition coefficient (Wildman–Crippen LogP) is 3.31. The Kier molecular flexibility index (Phi) is 5.03. The third-order valence-corrected chi connectivity index (χ3v) is 3.75.